The van der Waals surface area contributed by atoms with Gasteiger partial charge in [-0.3, -0.25) is 0 Å². The molecule has 0 saturated carbocycles. The summed E-state index contributed by atoms with van der Waals surface area (Å²) < 4.78 is 0. The Balaban J connectivity index is 5.39. The van der Waals surface area contributed by atoms with Crippen LogP contribution in [0.1, 0.15) is 0 Å². The molecule has 0 aromatic carbocycles. The fourth-order valence-electron chi connectivity index (χ4n) is 0.797. The quantitative estimate of drug-likeness (QED) is 0.396. The van der Waals surface area contributed by atoms with E-state index in [0.29, 0.717) is 5.50 Å². The Morgan fingerprint density at radius 2 is 1.18 bits per heavy atom. The Labute approximate surface area is 115 Å². The van der Waals surface area contributed by atoms with Crippen LogP contribution in [0.5, 0.6) is 0 Å². The lowest BCUT2D eigenvalue weighted by atomic mass is 11.3. The Kier molecular flexibility index (Phi) is 5.85. The number of hydrogen-bond acceptors (Lipinski definition) is 0. The summed E-state index contributed by atoms with van der Waals surface area (Å²) in [5.74, 6) is 0. The van der Waals surface area contributed by atoms with Gasteiger partial charge in [0.25, 0.3) is 0 Å². The molecule has 0 aliphatic heterocycles. The maximum Gasteiger partial charge on any atom is 0.302 e. The third-order valence-electron chi connectivity index (χ3n) is 1.75. The van der Waals surface area contributed by atoms with Crippen LogP contribution in [0.2, 0.25) is 39.3 Å². The zero-order valence-corrected chi connectivity index (χ0v) is 15.4. The Bertz CT molecular complexity index is 392. The lowest BCUT2D eigenvalue weighted by Crippen LogP contribution is -2.35. The lowest BCUT2D eigenvalue weighted by molar-refractivity contribution is 1.81. The topological polar surface area (TPSA) is 0 Å². The molecule has 4 heteroatoms. The second kappa shape index (κ2) is 5.98. The third-order valence-corrected chi connectivity index (χ3v) is 7.20. The van der Waals surface area contributed by atoms with E-state index < -0.39 is 24.2 Å². The minimum absolute atomic E-state index is 0.415. The van der Waals surface area contributed by atoms with Gasteiger partial charge in [-0.2, -0.15) is 0 Å². The van der Waals surface area contributed by atoms with Crippen molar-refractivity contribution in [1.82, 2.24) is 0 Å². The minimum atomic E-state index is -2.32. The average molecular weight is 297 g/mol. The van der Waals surface area contributed by atoms with Crippen LogP contribution in [0.25, 0.3) is 0 Å². The van der Waals surface area contributed by atoms with Crippen molar-refractivity contribution in [2.45, 2.75) is 39.3 Å². The lowest BCUT2D eigenvalue weighted by Gasteiger charge is -2.12. The monoisotopic (exact) mass is 296 g/mol. The van der Waals surface area contributed by atoms with Crippen LogP contribution >= 0.6 is 11.6 Å². The van der Waals surface area contributed by atoms with E-state index >= 15 is 0 Å². The van der Waals surface area contributed by atoms with Crippen molar-refractivity contribution in [1.29, 1.82) is 0 Å². The third kappa shape index (κ3) is 7.53. The summed E-state index contributed by atoms with van der Waals surface area (Å²) >= 11 is 6.03. The molecule has 0 aliphatic carbocycles. The van der Waals surface area contributed by atoms with E-state index in [1.54, 1.807) is 0 Å². The number of terminal acetylenes is 1. The molecule has 0 fully saturated rings. The molecular formula is C13H21ClSi3. The highest BCUT2D eigenvalue weighted by Crippen LogP contribution is 2.06. The zero-order chi connectivity index (χ0) is 13.7. The zero-order valence-electron chi connectivity index (χ0n) is 11.7. The van der Waals surface area contributed by atoms with Gasteiger partial charge in [-0.1, -0.05) is 39.3 Å². The Morgan fingerprint density at radius 1 is 0.824 bits per heavy atom. The molecule has 0 aromatic heterocycles. The van der Waals surface area contributed by atoms with Crippen molar-refractivity contribution in [3.63, 3.8) is 0 Å². The maximum atomic E-state index is 6.03. The van der Waals surface area contributed by atoms with Gasteiger partial charge < -0.3 is 0 Å². The SMILES string of the molecule is C#C[Si](C#C[Si](C)(C)C)(C#C[Si](C)(C)C)CCl. The molecule has 92 valence electrons. The molecule has 0 bridgehead atoms. The van der Waals surface area contributed by atoms with Gasteiger partial charge >= 0.3 is 8.07 Å². The van der Waals surface area contributed by atoms with Crippen molar-refractivity contribution in [2.75, 3.05) is 5.50 Å². The van der Waals surface area contributed by atoms with E-state index in [1.807, 2.05) is 0 Å². The van der Waals surface area contributed by atoms with Crippen LogP contribution in [0, 0.1) is 34.1 Å². The first-order valence-corrected chi connectivity index (χ1v) is 15.4. The second-order valence-corrected chi connectivity index (χ2v) is 19.4. The molecular weight excluding hydrogens is 276 g/mol. The first-order valence-electron chi connectivity index (χ1n) is 5.66. The summed E-state index contributed by atoms with van der Waals surface area (Å²) in [5, 5.41) is 0. The van der Waals surface area contributed by atoms with Crippen LogP contribution < -0.4 is 0 Å². The summed E-state index contributed by atoms with van der Waals surface area (Å²) in [7, 11) is -5.15. The van der Waals surface area contributed by atoms with Crippen molar-refractivity contribution in [3.8, 4) is 34.1 Å². The highest BCUT2D eigenvalue weighted by molar-refractivity contribution is 7.05. The molecule has 0 N–H and O–H groups in total. The average Bonchev–Trinajstić information content (AvgIpc) is 2.16. The fraction of sp³-hybridized carbons (Fsp3) is 0.538. The van der Waals surface area contributed by atoms with E-state index in [1.165, 1.54) is 0 Å². The van der Waals surface area contributed by atoms with Gasteiger partial charge in [0.1, 0.15) is 16.1 Å². The summed E-state index contributed by atoms with van der Waals surface area (Å²) in [6, 6.07) is 0. The Hall–Kier alpha value is -0.379. The molecule has 0 atom stereocenters. The molecule has 0 heterocycles. The predicted molar refractivity (Wildman–Crippen MR) is 87.6 cm³/mol. The summed E-state index contributed by atoms with van der Waals surface area (Å²) in [4.78, 5) is 0. The molecule has 0 aromatic rings. The number of halogens is 1. The molecule has 0 radical (unpaired) electrons. The highest BCUT2D eigenvalue weighted by atomic mass is 35.5. The van der Waals surface area contributed by atoms with Gasteiger partial charge in [0, 0.05) is 0 Å². The molecule has 0 unspecified atom stereocenters. The van der Waals surface area contributed by atoms with Gasteiger partial charge in [-0.05, 0) is 0 Å². The summed E-state index contributed by atoms with van der Waals surface area (Å²) in [6.07, 6.45) is 5.63. The van der Waals surface area contributed by atoms with Crippen molar-refractivity contribution in [3.05, 3.63) is 0 Å². The molecule has 0 rings (SSSR count). The number of rotatable bonds is 1. The minimum Gasteiger partial charge on any atom is -0.136 e. The largest absolute Gasteiger partial charge is 0.302 e. The first kappa shape index (κ1) is 16.6. The molecule has 0 spiro atoms. The van der Waals surface area contributed by atoms with Crippen molar-refractivity contribution >= 4 is 35.8 Å². The van der Waals surface area contributed by atoms with Crippen molar-refractivity contribution in [2.24, 2.45) is 0 Å². The van der Waals surface area contributed by atoms with Crippen LogP contribution in [0.3, 0.4) is 0 Å². The van der Waals surface area contributed by atoms with E-state index in [4.69, 9.17) is 18.0 Å². The van der Waals surface area contributed by atoms with Gasteiger partial charge in [0.05, 0.1) is 5.50 Å². The fourth-order valence-corrected chi connectivity index (χ4v) is 6.55. The normalized spacial score (nSPS) is 11.6. The standard InChI is InChI=1S/C13H21ClSi3/c1-8-17(13-14,11-9-15(2,3)4)12-10-16(5,6)7/h1H,13H2,2-7H3. The molecule has 0 amide bonds. The van der Waals surface area contributed by atoms with Gasteiger partial charge in [-0.15, -0.1) is 45.7 Å². The first-order chi connectivity index (χ1) is 7.54. The molecule has 0 nitrogen and oxygen atoms in total. The predicted octanol–water partition coefficient (Wildman–Crippen LogP) is 3.23. The van der Waals surface area contributed by atoms with Gasteiger partial charge in [-0.25, -0.2) is 0 Å². The van der Waals surface area contributed by atoms with Crippen LogP contribution in [0.4, 0.5) is 0 Å². The van der Waals surface area contributed by atoms with E-state index in [2.05, 4.69) is 67.0 Å². The van der Waals surface area contributed by atoms with Crippen LogP contribution in [-0.2, 0) is 0 Å². The molecule has 0 aliphatic rings. The highest BCUT2D eigenvalue weighted by Gasteiger charge is 2.27. The van der Waals surface area contributed by atoms with Gasteiger partial charge in [0.2, 0.25) is 0 Å². The molecule has 17 heavy (non-hydrogen) atoms. The Morgan fingerprint density at radius 3 is 1.35 bits per heavy atom. The number of hydrogen-bond donors (Lipinski definition) is 0. The van der Waals surface area contributed by atoms with Crippen LogP contribution in [-0.4, -0.2) is 29.7 Å². The summed E-state index contributed by atoms with van der Waals surface area (Å²) in [5.41, 5.74) is 16.5. The van der Waals surface area contributed by atoms with Crippen molar-refractivity contribution < 1.29 is 0 Å². The smallest absolute Gasteiger partial charge is 0.136 e. The van der Waals surface area contributed by atoms with E-state index in [0.717, 1.165) is 0 Å². The number of alkyl halides is 1. The van der Waals surface area contributed by atoms with E-state index in [9.17, 15) is 0 Å². The second-order valence-electron chi connectivity index (χ2n) is 6.18. The molecule has 0 saturated heterocycles. The van der Waals surface area contributed by atoms with E-state index in [-0.39, 0.29) is 0 Å². The maximum absolute atomic E-state index is 6.03. The van der Waals surface area contributed by atoms with Crippen LogP contribution in [0.15, 0.2) is 0 Å². The van der Waals surface area contributed by atoms with Gasteiger partial charge in [0.15, 0.2) is 0 Å². The summed E-state index contributed by atoms with van der Waals surface area (Å²) in [6.45, 7) is 13.2.